The lowest BCUT2D eigenvalue weighted by Gasteiger charge is -2.29. The Kier molecular flexibility index (Phi) is 8.18. The van der Waals surface area contributed by atoms with Crippen LogP contribution in [0.4, 0.5) is 0 Å². The molecule has 2 heterocycles. The number of benzene rings is 1. The van der Waals surface area contributed by atoms with Crippen molar-refractivity contribution in [1.82, 2.24) is 10.2 Å². The van der Waals surface area contributed by atoms with Crippen LogP contribution in [-0.4, -0.2) is 61.4 Å². The lowest BCUT2D eigenvalue weighted by atomic mass is 10.0. The third-order valence-electron chi connectivity index (χ3n) is 5.14. The number of amides is 3. The number of piperidine rings is 1. The Hall–Kier alpha value is -2.73. The number of hydrogen-bond donors (Lipinski definition) is 1. The van der Waals surface area contributed by atoms with E-state index in [9.17, 15) is 14.4 Å². The molecule has 1 N–H and O–H groups in total. The first-order valence-electron chi connectivity index (χ1n) is 10.6. The number of carbonyl (C=O) groups excluding carboxylic acids is 3. The maximum atomic E-state index is 12.8. The molecule has 0 aromatic heterocycles. The standard InChI is InChI=1S/C23H28N2O6/c1-3-30-21(31-4-2)15-29-13-6-5-8-16-9-7-10-17-18(16)14-25(23(17)28)19-11-12-20(26)24-22(19)27/h7,9-10,19,21H,3-4,6,11-15H2,1-2H3,(H,24,26,27). The Balaban J connectivity index is 1.58. The molecule has 1 fully saturated rings. The van der Waals surface area contributed by atoms with Crippen LogP contribution >= 0.6 is 0 Å². The number of hydrogen-bond acceptors (Lipinski definition) is 6. The summed E-state index contributed by atoms with van der Waals surface area (Å²) in [7, 11) is 0. The lowest BCUT2D eigenvalue weighted by molar-refractivity contribution is -0.166. The van der Waals surface area contributed by atoms with Crippen molar-refractivity contribution in [2.75, 3.05) is 26.4 Å². The first kappa shape index (κ1) is 22.9. The molecule has 3 rings (SSSR count). The number of nitrogens with one attached hydrogen (secondary N) is 1. The minimum absolute atomic E-state index is 0.200. The molecule has 1 aromatic carbocycles. The summed E-state index contributed by atoms with van der Waals surface area (Å²) in [5.41, 5.74) is 2.14. The highest BCUT2D eigenvalue weighted by Gasteiger charge is 2.39. The van der Waals surface area contributed by atoms with Gasteiger partial charge in [-0.05, 0) is 38.0 Å². The molecule has 31 heavy (non-hydrogen) atoms. The number of nitrogens with zero attached hydrogens (tertiary/aromatic N) is 1. The minimum Gasteiger partial charge on any atom is -0.375 e. The molecular weight excluding hydrogens is 400 g/mol. The van der Waals surface area contributed by atoms with Crippen LogP contribution in [0.2, 0.25) is 0 Å². The number of ether oxygens (including phenoxy) is 3. The molecular formula is C23H28N2O6. The van der Waals surface area contributed by atoms with Crippen LogP contribution in [0.25, 0.3) is 0 Å². The van der Waals surface area contributed by atoms with Crippen molar-refractivity contribution in [2.24, 2.45) is 0 Å². The fourth-order valence-electron chi connectivity index (χ4n) is 3.68. The van der Waals surface area contributed by atoms with Crippen molar-refractivity contribution < 1.29 is 28.6 Å². The van der Waals surface area contributed by atoms with E-state index in [-0.39, 0.29) is 24.5 Å². The van der Waals surface area contributed by atoms with Gasteiger partial charge in [0.25, 0.3) is 5.91 Å². The van der Waals surface area contributed by atoms with E-state index in [1.165, 1.54) is 4.90 Å². The van der Waals surface area contributed by atoms with Crippen molar-refractivity contribution in [1.29, 1.82) is 0 Å². The molecule has 1 unspecified atom stereocenters. The molecule has 2 aliphatic heterocycles. The topological polar surface area (TPSA) is 94.2 Å². The monoisotopic (exact) mass is 428 g/mol. The second-order valence-corrected chi connectivity index (χ2v) is 7.20. The Bertz CT molecular complexity index is 882. The molecule has 0 saturated carbocycles. The van der Waals surface area contributed by atoms with Gasteiger partial charge in [0.1, 0.15) is 6.04 Å². The zero-order valence-corrected chi connectivity index (χ0v) is 17.9. The summed E-state index contributed by atoms with van der Waals surface area (Å²) in [6.07, 6.45) is 0.730. The highest BCUT2D eigenvalue weighted by atomic mass is 16.7. The first-order chi connectivity index (χ1) is 15.0. The maximum absolute atomic E-state index is 12.8. The molecule has 0 bridgehead atoms. The quantitative estimate of drug-likeness (QED) is 0.278. The van der Waals surface area contributed by atoms with E-state index >= 15 is 0 Å². The van der Waals surface area contributed by atoms with Crippen LogP contribution in [0.5, 0.6) is 0 Å². The highest BCUT2D eigenvalue weighted by molar-refractivity contribution is 6.05. The highest BCUT2D eigenvalue weighted by Crippen LogP contribution is 2.29. The third-order valence-corrected chi connectivity index (χ3v) is 5.14. The molecule has 166 valence electrons. The molecule has 0 aliphatic carbocycles. The molecule has 1 aromatic rings. The van der Waals surface area contributed by atoms with Crippen molar-refractivity contribution in [3.63, 3.8) is 0 Å². The summed E-state index contributed by atoms with van der Waals surface area (Å²) in [6.45, 7) is 6.03. The Labute approximate surface area is 182 Å². The Morgan fingerprint density at radius 3 is 2.68 bits per heavy atom. The van der Waals surface area contributed by atoms with Crippen molar-refractivity contribution in [3.8, 4) is 11.8 Å². The fourth-order valence-corrected chi connectivity index (χ4v) is 3.68. The van der Waals surface area contributed by atoms with Crippen LogP contribution in [0.15, 0.2) is 18.2 Å². The van der Waals surface area contributed by atoms with Gasteiger partial charge in [0.15, 0.2) is 6.29 Å². The predicted octanol–water partition coefficient (Wildman–Crippen LogP) is 1.60. The van der Waals surface area contributed by atoms with E-state index in [0.717, 1.165) is 11.1 Å². The largest absolute Gasteiger partial charge is 0.375 e. The van der Waals surface area contributed by atoms with E-state index in [4.69, 9.17) is 14.2 Å². The van der Waals surface area contributed by atoms with Crippen LogP contribution in [-0.2, 0) is 30.3 Å². The molecule has 1 saturated heterocycles. The molecule has 0 spiro atoms. The van der Waals surface area contributed by atoms with E-state index in [0.29, 0.717) is 51.4 Å². The predicted molar refractivity (Wildman–Crippen MR) is 112 cm³/mol. The molecule has 1 atom stereocenters. The summed E-state index contributed by atoms with van der Waals surface area (Å²) in [5.74, 6) is 5.29. The van der Waals surface area contributed by atoms with E-state index in [1.807, 2.05) is 19.9 Å². The van der Waals surface area contributed by atoms with Gasteiger partial charge in [0.05, 0.1) is 13.2 Å². The van der Waals surface area contributed by atoms with Gasteiger partial charge >= 0.3 is 0 Å². The second-order valence-electron chi connectivity index (χ2n) is 7.20. The summed E-state index contributed by atoms with van der Waals surface area (Å²) >= 11 is 0. The SMILES string of the molecule is CCOC(COCCC#Cc1cccc2c1CN(C1CCC(=O)NC1=O)C2=O)OCC. The van der Waals surface area contributed by atoms with Crippen LogP contribution in [0.3, 0.4) is 0 Å². The second kappa shape index (κ2) is 11.0. The fraction of sp³-hybridized carbons (Fsp3) is 0.522. The molecule has 2 aliphatic rings. The molecule has 0 radical (unpaired) electrons. The zero-order valence-electron chi connectivity index (χ0n) is 17.9. The van der Waals surface area contributed by atoms with E-state index in [2.05, 4.69) is 17.2 Å². The van der Waals surface area contributed by atoms with Gasteiger partial charge in [0.2, 0.25) is 11.8 Å². The van der Waals surface area contributed by atoms with Crippen LogP contribution in [0.1, 0.15) is 54.6 Å². The summed E-state index contributed by atoms with van der Waals surface area (Å²) in [4.78, 5) is 38.0. The van der Waals surface area contributed by atoms with Gasteiger partial charge in [-0.15, -0.1) is 0 Å². The van der Waals surface area contributed by atoms with Crippen molar-refractivity contribution >= 4 is 17.7 Å². The zero-order chi connectivity index (χ0) is 22.2. The Morgan fingerprint density at radius 2 is 1.97 bits per heavy atom. The van der Waals surface area contributed by atoms with Gasteiger partial charge in [-0.3, -0.25) is 19.7 Å². The van der Waals surface area contributed by atoms with E-state index < -0.39 is 11.9 Å². The first-order valence-corrected chi connectivity index (χ1v) is 10.6. The molecule has 8 nitrogen and oxygen atoms in total. The van der Waals surface area contributed by atoms with Crippen molar-refractivity contribution in [3.05, 3.63) is 34.9 Å². The van der Waals surface area contributed by atoms with Gasteiger partial charge in [-0.1, -0.05) is 17.9 Å². The average molecular weight is 428 g/mol. The van der Waals surface area contributed by atoms with Gasteiger partial charge < -0.3 is 19.1 Å². The molecule has 3 amide bonds. The summed E-state index contributed by atoms with van der Waals surface area (Å²) < 4.78 is 16.4. The Morgan fingerprint density at radius 1 is 1.19 bits per heavy atom. The number of carbonyl (C=O) groups is 3. The number of rotatable bonds is 9. The average Bonchev–Trinajstić information content (AvgIpc) is 3.08. The van der Waals surface area contributed by atoms with Gasteiger partial charge in [0, 0.05) is 43.7 Å². The molecule has 8 heteroatoms. The summed E-state index contributed by atoms with van der Waals surface area (Å²) in [5, 5.41) is 2.31. The number of fused-ring (bicyclic) bond motifs is 1. The summed E-state index contributed by atoms with van der Waals surface area (Å²) in [6, 6.07) is 4.78. The smallest absolute Gasteiger partial charge is 0.255 e. The van der Waals surface area contributed by atoms with Gasteiger partial charge in [-0.25, -0.2) is 0 Å². The van der Waals surface area contributed by atoms with Crippen LogP contribution in [0, 0.1) is 11.8 Å². The van der Waals surface area contributed by atoms with Crippen molar-refractivity contribution in [2.45, 2.75) is 52.0 Å². The minimum atomic E-state index is -0.629. The third kappa shape index (κ3) is 5.70. The lowest BCUT2D eigenvalue weighted by Crippen LogP contribution is -2.52. The maximum Gasteiger partial charge on any atom is 0.255 e. The van der Waals surface area contributed by atoms with Crippen LogP contribution < -0.4 is 5.32 Å². The normalized spacial score (nSPS) is 18.1. The van der Waals surface area contributed by atoms with E-state index in [1.54, 1.807) is 12.1 Å². The number of imide groups is 1. The van der Waals surface area contributed by atoms with Gasteiger partial charge in [-0.2, -0.15) is 0 Å².